The molecule has 0 bridgehead atoms. The molecule has 0 spiro atoms. The van der Waals surface area contributed by atoms with Crippen LogP contribution in [0, 0.1) is 0 Å². The summed E-state index contributed by atoms with van der Waals surface area (Å²) in [4.78, 5) is 13.4. The first-order chi connectivity index (χ1) is 10.7. The molecule has 124 valence electrons. The third kappa shape index (κ3) is 5.46. The molecular formula is C17H28N2O3. The lowest BCUT2D eigenvalue weighted by Crippen LogP contribution is -2.38. The van der Waals surface area contributed by atoms with E-state index in [-0.39, 0.29) is 5.91 Å². The van der Waals surface area contributed by atoms with Crippen LogP contribution in [0.4, 0.5) is 0 Å². The number of furan rings is 1. The van der Waals surface area contributed by atoms with Crippen molar-refractivity contribution in [1.82, 2.24) is 10.2 Å². The maximum Gasteiger partial charge on any atom is 0.216 e. The Morgan fingerprint density at radius 3 is 3.09 bits per heavy atom. The Kier molecular flexibility index (Phi) is 6.93. The number of likely N-dealkylation sites (tertiary alicyclic amines) is 1. The van der Waals surface area contributed by atoms with Crippen LogP contribution in [0.25, 0.3) is 0 Å². The molecule has 2 heterocycles. The highest BCUT2D eigenvalue weighted by molar-refractivity contribution is 5.72. The normalized spacial score (nSPS) is 21.3. The molecule has 22 heavy (non-hydrogen) atoms. The summed E-state index contributed by atoms with van der Waals surface area (Å²) in [6.45, 7) is 4.32. The Morgan fingerprint density at radius 2 is 2.36 bits per heavy atom. The minimum absolute atomic E-state index is 0.0284. The highest BCUT2D eigenvalue weighted by atomic mass is 16.4. The summed E-state index contributed by atoms with van der Waals surface area (Å²) in [5.41, 5.74) is 0. The van der Waals surface area contributed by atoms with Crippen LogP contribution in [0.5, 0.6) is 0 Å². The van der Waals surface area contributed by atoms with Gasteiger partial charge >= 0.3 is 0 Å². The highest BCUT2D eigenvalue weighted by Crippen LogP contribution is 2.26. The molecule has 1 aliphatic rings. The molecule has 1 aromatic heterocycles. The summed E-state index contributed by atoms with van der Waals surface area (Å²) in [7, 11) is 0. The van der Waals surface area contributed by atoms with Crippen LogP contribution in [0.3, 0.4) is 0 Å². The molecular weight excluding hydrogens is 280 g/mol. The zero-order chi connectivity index (χ0) is 15.8. The van der Waals surface area contributed by atoms with Gasteiger partial charge in [0.25, 0.3) is 0 Å². The molecule has 2 atom stereocenters. The van der Waals surface area contributed by atoms with Gasteiger partial charge in [-0.15, -0.1) is 0 Å². The number of carbonyl (C=O) groups excluding carboxylic acids is 1. The van der Waals surface area contributed by atoms with Gasteiger partial charge in [-0.05, 0) is 44.4 Å². The van der Waals surface area contributed by atoms with E-state index >= 15 is 0 Å². The molecule has 2 N–H and O–H groups in total. The summed E-state index contributed by atoms with van der Waals surface area (Å²) < 4.78 is 5.31. The van der Waals surface area contributed by atoms with Crippen molar-refractivity contribution in [1.29, 1.82) is 0 Å². The van der Waals surface area contributed by atoms with Crippen molar-refractivity contribution >= 4 is 5.91 Å². The van der Waals surface area contributed by atoms with Crippen LogP contribution in [-0.4, -0.2) is 41.6 Å². The molecule has 1 amide bonds. The van der Waals surface area contributed by atoms with E-state index in [9.17, 15) is 9.90 Å². The quantitative estimate of drug-likeness (QED) is 0.760. The Bertz CT molecular complexity index is 433. The van der Waals surface area contributed by atoms with E-state index in [1.165, 1.54) is 19.3 Å². The molecule has 1 aliphatic heterocycles. The maximum absolute atomic E-state index is 10.9. The molecule has 1 saturated heterocycles. The van der Waals surface area contributed by atoms with Crippen molar-refractivity contribution < 1.29 is 14.3 Å². The number of hydrogen-bond donors (Lipinski definition) is 2. The van der Waals surface area contributed by atoms with Crippen molar-refractivity contribution in [3.8, 4) is 0 Å². The fourth-order valence-corrected chi connectivity index (χ4v) is 3.20. The van der Waals surface area contributed by atoms with E-state index in [4.69, 9.17) is 4.42 Å². The molecule has 0 aromatic carbocycles. The summed E-state index contributed by atoms with van der Waals surface area (Å²) in [6, 6.07) is 4.04. The first kappa shape index (κ1) is 17.0. The van der Waals surface area contributed by atoms with Gasteiger partial charge in [-0.3, -0.25) is 4.79 Å². The second kappa shape index (κ2) is 8.96. The lowest BCUT2D eigenvalue weighted by molar-refractivity contribution is -0.118. The number of aliphatic hydroxyl groups is 1. The fourth-order valence-electron chi connectivity index (χ4n) is 3.20. The maximum atomic E-state index is 10.9. The van der Waals surface area contributed by atoms with Gasteiger partial charge in [-0.25, -0.2) is 0 Å². The Labute approximate surface area is 132 Å². The Morgan fingerprint density at radius 1 is 1.50 bits per heavy atom. The average molecular weight is 308 g/mol. The number of carbonyl (C=O) groups is 1. The first-order valence-corrected chi connectivity index (χ1v) is 8.37. The Balaban J connectivity index is 1.85. The van der Waals surface area contributed by atoms with E-state index in [1.807, 2.05) is 12.1 Å². The van der Waals surface area contributed by atoms with Gasteiger partial charge in [0.05, 0.1) is 6.26 Å². The van der Waals surface area contributed by atoms with E-state index in [0.29, 0.717) is 18.2 Å². The zero-order valence-corrected chi connectivity index (χ0v) is 13.5. The topological polar surface area (TPSA) is 65.7 Å². The molecule has 1 fully saturated rings. The van der Waals surface area contributed by atoms with Crippen LogP contribution in [0.2, 0.25) is 0 Å². The van der Waals surface area contributed by atoms with Gasteiger partial charge in [0, 0.05) is 26.1 Å². The van der Waals surface area contributed by atoms with Crippen LogP contribution >= 0.6 is 0 Å². The molecule has 0 aliphatic carbocycles. The van der Waals surface area contributed by atoms with Gasteiger partial charge in [0.2, 0.25) is 5.91 Å². The van der Waals surface area contributed by atoms with Gasteiger partial charge in [-0.1, -0.05) is 12.8 Å². The van der Waals surface area contributed by atoms with Gasteiger partial charge < -0.3 is 19.7 Å². The van der Waals surface area contributed by atoms with Crippen LogP contribution < -0.4 is 5.32 Å². The monoisotopic (exact) mass is 308 g/mol. The predicted molar refractivity (Wildman–Crippen MR) is 85.4 cm³/mol. The summed E-state index contributed by atoms with van der Waals surface area (Å²) >= 11 is 0. The lowest BCUT2D eigenvalue weighted by Gasteiger charge is -2.31. The Hall–Kier alpha value is -1.33. The van der Waals surface area contributed by atoms with Gasteiger partial charge in [-0.2, -0.15) is 0 Å². The smallest absolute Gasteiger partial charge is 0.216 e. The first-order valence-electron chi connectivity index (χ1n) is 8.37. The van der Waals surface area contributed by atoms with E-state index in [2.05, 4.69) is 10.2 Å². The SMILES string of the molecule is CC(=O)NCCCN1CCCCCC1CC(O)c1ccco1. The van der Waals surface area contributed by atoms with E-state index in [0.717, 1.165) is 32.5 Å². The lowest BCUT2D eigenvalue weighted by atomic mass is 10.0. The molecule has 2 unspecified atom stereocenters. The standard InChI is InChI=1S/C17H28N2O3/c1-14(20)18-9-6-11-19-10-4-2-3-7-15(19)13-16(21)17-8-5-12-22-17/h5,8,12,15-16,21H,2-4,6-7,9-11,13H2,1H3,(H,18,20). The van der Waals surface area contributed by atoms with Crippen molar-refractivity contribution in [2.45, 2.75) is 57.6 Å². The molecule has 0 radical (unpaired) electrons. The third-order valence-corrected chi connectivity index (χ3v) is 4.36. The fraction of sp³-hybridized carbons (Fsp3) is 0.706. The highest BCUT2D eigenvalue weighted by Gasteiger charge is 2.24. The largest absolute Gasteiger partial charge is 0.467 e. The average Bonchev–Trinajstić information content (AvgIpc) is 2.94. The van der Waals surface area contributed by atoms with E-state index < -0.39 is 6.10 Å². The predicted octanol–water partition coefficient (Wildman–Crippen LogP) is 2.47. The number of nitrogens with one attached hydrogen (secondary N) is 1. The van der Waals surface area contributed by atoms with Crippen LogP contribution in [0.1, 0.15) is 57.3 Å². The summed E-state index contributed by atoms with van der Waals surface area (Å²) in [5, 5.41) is 13.2. The molecule has 1 aromatic rings. The number of nitrogens with zero attached hydrogens (tertiary/aromatic N) is 1. The van der Waals surface area contributed by atoms with Gasteiger partial charge in [0.1, 0.15) is 11.9 Å². The summed E-state index contributed by atoms with van der Waals surface area (Å²) in [6.07, 6.45) is 7.56. The van der Waals surface area contributed by atoms with Crippen molar-refractivity contribution in [2.24, 2.45) is 0 Å². The molecule has 0 saturated carbocycles. The second-order valence-corrected chi connectivity index (χ2v) is 6.14. The number of amides is 1. The number of aliphatic hydroxyl groups excluding tert-OH is 1. The number of hydrogen-bond acceptors (Lipinski definition) is 4. The van der Waals surface area contributed by atoms with Crippen LogP contribution in [-0.2, 0) is 4.79 Å². The van der Waals surface area contributed by atoms with Crippen LogP contribution in [0.15, 0.2) is 22.8 Å². The minimum Gasteiger partial charge on any atom is -0.467 e. The van der Waals surface area contributed by atoms with Crippen molar-refractivity contribution in [3.63, 3.8) is 0 Å². The molecule has 2 rings (SSSR count). The van der Waals surface area contributed by atoms with Gasteiger partial charge in [0.15, 0.2) is 0 Å². The number of rotatable bonds is 7. The van der Waals surface area contributed by atoms with E-state index in [1.54, 1.807) is 13.2 Å². The molecule has 5 nitrogen and oxygen atoms in total. The molecule has 5 heteroatoms. The van der Waals surface area contributed by atoms with Crippen molar-refractivity contribution in [2.75, 3.05) is 19.6 Å². The third-order valence-electron chi connectivity index (χ3n) is 4.36. The summed E-state index contributed by atoms with van der Waals surface area (Å²) in [5.74, 6) is 0.683. The zero-order valence-electron chi connectivity index (χ0n) is 13.5. The van der Waals surface area contributed by atoms with Crippen molar-refractivity contribution in [3.05, 3.63) is 24.2 Å². The minimum atomic E-state index is -0.532. The second-order valence-electron chi connectivity index (χ2n) is 6.14.